The molecule has 1 nitrogen and oxygen atoms in total. The summed E-state index contributed by atoms with van der Waals surface area (Å²) in [6, 6.07) is 11.7. The lowest BCUT2D eigenvalue weighted by Gasteiger charge is -2.20. The minimum atomic E-state index is 0.740. The zero-order chi connectivity index (χ0) is 11.1. The van der Waals surface area contributed by atoms with Crippen LogP contribution in [0.3, 0.4) is 0 Å². The van der Waals surface area contributed by atoms with E-state index in [4.69, 9.17) is 23.2 Å². The molecule has 0 aromatic heterocycles. The van der Waals surface area contributed by atoms with Crippen molar-refractivity contribution in [2.24, 2.45) is 0 Å². The van der Waals surface area contributed by atoms with Crippen molar-refractivity contribution in [3.8, 4) is 0 Å². The summed E-state index contributed by atoms with van der Waals surface area (Å²) in [7, 11) is 0. The second kappa shape index (κ2) is 3.88. The Morgan fingerprint density at radius 3 is 2.44 bits per heavy atom. The van der Waals surface area contributed by atoms with Gasteiger partial charge in [0.2, 0.25) is 0 Å². The van der Waals surface area contributed by atoms with Gasteiger partial charge in [0.05, 0.1) is 11.4 Å². The van der Waals surface area contributed by atoms with Crippen LogP contribution in [0.2, 0.25) is 10.0 Å². The van der Waals surface area contributed by atoms with Crippen molar-refractivity contribution in [1.82, 2.24) is 0 Å². The van der Waals surface area contributed by atoms with Gasteiger partial charge >= 0.3 is 0 Å². The molecule has 1 heterocycles. The third kappa shape index (κ3) is 1.77. The topological polar surface area (TPSA) is 12.0 Å². The Morgan fingerprint density at radius 1 is 0.812 bits per heavy atom. The second-order valence-electron chi connectivity index (χ2n) is 3.51. The van der Waals surface area contributed by atoms with E-state index in [9.17, 15) is 0 Å². The molecule has 3 rings (SSSR count). The molecule has 0 unspecified atom stereocenters. The molecule has 0 aliphatic carbocycles. The Morgan fingerprint density at radius 2 is 1.56 bits per heavy atom. The van der Waals surface area contributed by atoms with Crippen molar-refractivity contribution in [3.63, 3.8) is 0 Å². The van der Waals surface area contributed by atoms with Crippen LogP contribution in [0, 0.1) is 0 Å². The van der Waals surface area contributed by atoms with E-state index in [-0.39, 0.29) is 0 Å². The first kappa shape index (κ1) is 10.3. The van der Waals surface area contributed by atoms with E-state index in [1.54, 1.807) is 11.8 Å². The Bertz CT molecular complexity index is 517. The minimum absolute atomic E-state index is 0.740. The first-order valence-electron chi connectivity index (χ1n) is 4.76. The normalized spacial score (nSPS) is 12.6. The molecule has 16 heavy (non-hydrogen) atoms. The molecular weight excluding hydrogens is 261 g/mol. The van der Waals surface area contributed by atoms with Gasteiger partial charge in [-0.3, -0.25) is 0 Å². The van der Waals surface area contributed by atoms with Crippen LogP contribution in [-0.2, 0) is 0 Å². The number of hydrogen-bond acceptors (Lipinski definition) is 2. The van der Waals surface area contributed by atoms with Crippen LogP contribution in [-0.4, -0.2) is 0 Å². The van der Waals surface area contributed by atoms with Crippen LogP contribution in [0.4, 0.5) is 11.4 Å². The molecule has 1 N–H and O–H groups in total. The zero-order valence-electron chi connectivity index (χ0n) is 8.13. The summed E-state index contributed by atoms with van der Waals surface area (Å²) < 4.78 is 0. The van der Waals surface area contributed by atoms with Crippen LogP contribution in [0.5, 0.6) is 0 Å². The summed E-state index contributed by atoms with van der Waals surface area (Å²) in [6.45, 7) is 0. The van der Waals surface area contributed by atoms with Crippen LogP contribution < -0.4 is 5.32 Å². The number of hydrogen-bond donors (Lipinski definition) is 1. The van der Waals surface area contributed by atoms with Gasteiger partial charge in [-0.15, -0.1) is 0 Å². The Kier molecular flexibility index (Phi) is 2.51. The van der Waals surface area contributed by atoms with Crippen LogP contribution in [0.15, 0.2) is 46.2 Å². The number of benzene rings is 2. The maximum atomic E-state index is 5.97. The predicted octanol–water partition coefficient (Wildman–Crippen LogP) is 5.20. The lowest BCUT2D eigenvalue weighted by Crippen LogP contribution is -1.99. The van der Waals surface area contributed by atoms with Gasteiger partial charge < -0.3 is 5.32 Å². The van der Waals surface area contributed by atoms with E-state index >= 15 is 0 Å². The molecule has 80 valence electrons. The molecule has 0 spiro atoms. The van der Waals surface area contributed by atoms with Crippen molar-refractivity contribution in [1.29, 1.82) is 0 Å². The molecule has 4 heteroatoms. The highest BCUT2D eigenvalue weighted by Gasteiger charge is 2.15. The molecule has 1 aliphatic rings. The standard InChI is InChI=1S/C12H7Cl2NS/c13-7-2-4-11-10(5-7)15-9-3-1-8(14)6-12(9)16-11/h1-6,15H. The molecule has 0 fully saturated rings. The second-order valence-corrected chi connectivity index (χ2v) is 5.46. The SMILES string of the molecule is Clc1ccc2c(c1)Nc1ccc(Cl)cc1S2. The third-order valence-electron chi connectivity index (χ3n) is 2.37. The summed E-state index contributed by atoms with van der Waals surface area (Å²) in [5.41, 5.74) is 2.12. The van der Waals surface area contributed by atoms with Gasteiger partial charge in [0.25, 0.3) is 0 Å². The first-order chi connectivity index (χ1) is 7.72. The molecule has 0 bridgehead atoms. The van der Waals surface area contributed by atoms with E-state index in [0.29, 0.717) is 0 Å². The smallest absolute Gasteiger partial charge is 0.0541 e. The van der Waals surface area contributed by atoms with E-state index in [1.807, 2.05) is 36.4 Å². The molecule has 0 amide bonds. The monoisotopic (exact) mass is 267 g/mol. The van der Waals surface area contributed by atoms with Crippen molar-refractivity contribution >= 4 is 46.3 Å². The Balaban J connectivity index is 2.09. The number of nitrogens with one attached hydrogen (secondary N) is 1. The van der Waals surface area contributed by atoms with Gasteiger partial charge in [0.15, 0.2) is 0 Å². The van der Waals surface area contributed by atoms with Crippen LogP contribution in [0.25, 0.3) is 0 Å². The predicted molar refractivity (Wildman–Crippen MR) is 70.3 cm³/mol. The fourth-order valence-corrected chi connectivity index (χ4v) is 3.05. The molecular formula is C12H7Cl2NS. The fourth-order valence-electron chi connectivity index (χ4n) is 1.64. The maximum absolute atomic E-state index is 5.97. The van der Waals surface area contributed by atoms with E-state index < -0.39 is 0 Å². The first-order valence-corrected chi connectivity index (χ1v) is 6.33. The van der Waals surface area contributed by atoms with Crippen molar-refractivity contribution in [2.45, 2.75) is 9.79 Å². The highest BCUT2D eigenvalue weighted by molar-refractivity contribution is 7.99. The Hall–Kier alpha value is -0.830. The molecule has 1 aliphatic heterocycles. The van der Waals surface area contributed by atoms with Gasteiger partial charge in [-0.25, -0.2) is 0 Å². The minimum Gasteiger partial charge on any atom is -0.354 e. The van der Waals surface area contributed by atoms with Crippen molar-refractivity contribution in [2.75, 3.05) is 5.32 Å². The number of fused-ring (bicyclic) bond motifs is 2. The molecule has 0 radical (unpaired) electrons. The Labute approximate surface area is 108 Å². The average molecular weight is 268 g/mol. The lowest BCUT2D eigenvalue weighted by atomic mass is 10.2. The zero-order valence-corrected chi connectivity index (χ0v) is 10.5. The summed E-state index contributed by atoms with van der Waals surface area (Å²) in [6.07, 6.45) is 0. The molecule has 2 aromatic carbocycles. The molecule has 0 saturated heterocycles. The summed E-state index contributed by atoms with van der Waals surface area (Å²) in [5.74, 6) is 0. The van der Waals surface area contributed by atoms with Crippen molar-refractivity contribution < 1.29 is 0 Å². The van der Waals surface area contributed by atoms with Crippen LogP contribution in [0.1, 0.15) is 0 Å². The van der Waals surface area contributed by atoms with E-state index in [2.05, 4.69) is 5.32 Å². The third-order valence-corrected chi connectivity index (χ3v) is 3.98. The van der Waals surface area contributed by atoms with Gasteiger partial charge in [0.1, 0.15) is 0 Å². The van der Waals surface area contributed by atoms with Crippen LogP contribution >= 0.6 is 35.0 Å². The van der Waals surface area contributed by atoms with Crippen molar-refractivity contribution in [3.05, 3.63) is 46.4 Å². The maximum Gasteiger partial charge on any atom is 0.0541 e. The number of anilines is 2. The van der Waals surface area contributed by atoms with E-state index in [0.717, 1.165) is 26.3 Å². The largest absolute Gasteiger partial charge is 0.354 e. The molecule has 2 aromatic rings. The van der Waals surface area contributed by atoms with E-state index in [1.165, 1.54) is 4.90 Å². The molecule has 0 saturated carbocycles. The average Bonchev–Trinajstić information content (AvgIpc) is 2.26. The van der Waals surface area contributed by atoms with Gasteiger partial charge in [0, 0.05) is 19.8 Å². The quantitative estimate of drug-likeness (QED) is 0.601. The summed E-state index contributed by atoms with van der Waals surface area (Å²) >= 11 is 13.6. The highest BCUT2D eigenvalue weighted by Crippen LogP contribution is 2.45. The lowest BCUT2D eigenvalue weighted by molar-refractivity contribution is 1.32. The summed E-state index contributed by atoms with van der Waals surface area (Å²) in [4.78, 5) is 2.31. The summed E-state index contributed by atoms with van der Waals surface area (Å²) in [5, 5.41) is 4.84. The van der Waals surface area contributed by atoms with Gasteiger partial charge in [-0.1, -0.05) is 35.0 Å². The highest BCUT2D eigenvalue weighted by atomic mass is 35.5. The number of halogens is 2. The fraction of sp³-hybridized carbons (Fsp3) is 0. The molecule has 0 atom stereocenters. The number of rotatable bonds is 0. The van der Waals surface area contributed by atoms with Gasteiger partial charge in [-0.05, 0) is 36.4 Å². The van der Waals surface area contributed by atoms with Gasteiger partial charge in [-0.2, -0.15) is 0 Å².